The van der Waals surface area contributed by atoms with Crippen LogP contribution >= 0.6 is 12.2 Å². The fourth-order valence-corrected chi connectivity index (χ4v) is 2.20. The summed E-state index contributed by atoms with van der Waals surface area (Å²) in [6.07, 6.45) is 8.01. The number of thiocarbonyl (C=S) groups is 1. The molecule has 0 aromatic rings. The zero-order chi connectivity index (χ0) is 12.0. The summed E-state index contributed by atoms with van der Waals surface area (Å²) in [6, 6.07) is 0. The second-order valence-corrected chi connectivity index (χ2v) is 6.05. The van der Waals surface area contributed by atoms with Crippen molar-refractivity contribution in [3.8, 4) is 0 Å². The molecule has 0 aliphatic carbocycles. The highest BCUT2D eigenvalue weighted by atomic mass is 32.1. The van der Waals surface area contributed by atoms with Crippen LogP contribution in [0.2, 0.25) is 0 Å². The molecule has 3 heteroatoms. The Morgan fingerprint density at radius 3 is 2.12 bits per heavy atom. The van der Waals surface area contributed by atoms with Gasteiger partial charge in [0, 0.05) is 5.41 Å². The predicted octanol–water partition coefficient (Wildman–Crippen LogP) is 2.95. The minimum Gasteiger partial charge on any atom is -0.393 e. The quantitative estimate of drug-likeness (QED) is 0.769. The number of hydrogen-bond donors (Lipinski definition) is 1. The van der Waals surface area contributed by atoms with Gasteiger partial charge in [-0.25, -0.2) is 0 Å². The summed E-state index contributed by atoms with van der Waals surface area (Å²) in [5, 5.41) is 0. The first kappa shape index (κ1) is 13.9. The Morgan fingerprint density at radius 2 is 1.62 bits per heavy atom. The molecule has 0 aromatic heterocycles. The summed E-state index contributed by atoms with van der Waals surface area (Å²) < 4.78 is 0. The highest BCUT2D eigenvalue weighted by molar-refractivity contribution is 7.80. The van der Waals surface area contributed by atoms with Gasteiger partial charge in [0.05, 0.1) is 4.99 Å². The van der Waals surface area contributed by atoms with E-state index in [2.05, 4.69) is 18.7 Å². The van der Waals surface area contributed by atoms with Crippen LogP contribution in [0.25, 0.3) is 0 Å². The third-order valence-corrected chi connectivity index (χ3v) is 4.22. The third kappa shape index (κ3) is 4.79. The average Bonchev–Trinajstić information content (AvgIpc) is 2.15. The Balaban J connectivity index is 2.32. The van der Waals surface area contributed by atoms with Crippen LogP contribution in [0.3, 0.4) is 0 Å². The van der Waals surface area contributed by atoms with E-state index in [1.807, 2.05) is 0 Å². The lowest BCUT2D eigenvalue weighted by Crippen LogP contribution is -2.36. The summed E-state index contributed by atoms with van der Waals surface area (Å²) in [7, 11) is 0. The van der Waals surface area contributed by atoms with Crippen LogP contribution in [0.1, 0.15) is 52.4 Å². The average molecular weight is 242 g/mol. The van der Waals surface area contributed by atoms with Crippen LogP contribution < -0.4 is 5.73 Å². The molecule has 1 saturated heterocycles. The van der Waals surface area contributed by atoms with Crippen molar-refractivity contribution in [2.45, 2.75) is 52.4 Å². The van der Waals surface area contributed by atoms with E-state index in [0.717, 1.165) is 13.0 Å². The Bertz CT molecular complexity index is 218. The topological polar surface area (TPSA) is 29.3 Å². The van der Waals surface area contributed by atoms with Gasteiger partial charge in [0.2, 0.25) is 0 Å². The Hall–Kier alpha value is -0.150. The molecule has 0 spiro atoms. The molecule has 2 nitrogen and oxygen atoms in total. The molecule has 0 unspecified atom stereocenters. The van der Waals surface area contributed by atoms with Gasteiger partial charge in [-0.1, -0.05) is 45.3 Å². The molecule has 0 amide bonds. The molecule has 0 bridgehead atoms. The Labute approximate surface area is 106 Å². The third-order valence-electron chi connectivity index (χ3n) is 3.67. The largest absolute Gasteiger partial charge is 0.393 e. The molecule has 1 fully saturated rings. The molecule has 2 N–H and O–H groups in total. The van der Waals surface area contributed by atoms with E-state index in [-0.39, 0.29) is 5.41 Å². The van der Waals surface area contributed by atoms with Gasteiger partial charge in [-0.3, -0.25) is 0 Å². The van der Waals surface area contributed by atoms with Gasteiger partial charge in [0.15, 0.2) is 0 Å². The number of nitrogens with zero attached hydrogens (tertiary/aromatic N) is 1. The SMILES string of the molecule is CC(C)(CCN1CCCCCCC1)C(N)=S. The smallest absolute Gasteiger partial charge is 0.0784 e. The molecule has 1 aliphatic rings. The van der Waals surface area contributed by atoms with Gasteiger partial charge in [-0.15, -0.1) is 0 Å². The van der Waals surface area contributed by atoms with Crippen LogP contribution in [0.4, 0.5) is 0 Å². The molecular weight excluding hydrogens is 216 g/mol. The monoisotopic (exact) mass is 242 g/mol. The molecule has 1 aliphatic heterocycles. The van der Waals surface area contributed by atoms with Crippen molar-refractivity contribution in [2.75, 3.05) is 19.6 Å². The molecule has 1 heterocycles. The van der Waals surface area contributed by atoms with Gasteiger partial charge in [-0.05, 0) is 38.9 Å². The number of hydrogen-bond acceptors (Lipinski definition) is 2. The van der Waals surface area contributed by atoms with Crippen molar-refractivity contribution in [2.24, 2.45) is 11.1 Å². The number of nitrogens with two attached hydrogens (primary N) is 1. The van der Waals surface area contributed by atoms with Gasteiger partial charge in [0.25, 0.3) is 0 Å². The maximum absolute atomic E-state index is 5.75. The van der Waals surface area contributed by atoms with E-state index in [1.54, 1.807) is 0 Å². The normalized spacial score (nSPS) is 20.1. The van der Waals surface area contributed by atoms with Crippen LogP contribution in [-0.4, -0.2) is 29.5 Å². The minimum absolute atomic E-state index is 0.0116. The highest BCUT2D eigenvalue weighted by Gasteiger charge is 2.22. The highest BCUT2D eigenvalue weighted by Crippen LogP contribution is 2.21. The number of likely N-dealkylation sites (tertiary alicyclic amines) is 1. The maximum atomic E-state index is 5.75. The van der Waals surface area contributed by atoms with E-state index in [9.17, 15) is 0 Å². The summed E-state index contributed by atoms with van der Waals surface area (Å²) in [5.41, 5.74) is 5.77. The van der Waals surface area contributed by atoms with Crippen molar-refractivity contribution in [3.05, 3.63) is 0 Å². The van der Waals surface area contributed by atoms with Crippen molar-refractivity contribution in [1.29, 1.82) is 0 Å². The zero-order valence-electron chi connectivity index (χ0n) is 10.8. The van der Waals surface area contributed by atoms with E-state index in [1.165, 1.54) is 45.2 Å². The summed E-state index contributed by atoms with van der Waals surface area (Å²) in [4.78, 5) is 3.23. The standard InChI is InChI=1S/C13H26N2S/c1-13(2,12(14)16)8-11-15-9-6-4-3-5-7-10-15/h3-11H2,1-2H3,(H2,14,16). The van der Waals surface area contributed by atoms with E-state index < -0.39 is 0 Å². The predicted molar refractivity (Wildman–Crippen MR) is 74.7 cm³/mol. The first-order chi connectivity index (χ1) is 7.52. The van der Waals surface area contributed by atoms with Crippen molar-refractivity contribution in [3.63, 3.8) is 0 Å². The molecule has 16 heavy (non-hydrogen) atoms. The Kier molecular flexibility index (Phi) is 5.70. The van der Waals surface area contributed by atoms with Crippen LogP contribution in [0.5, 0.6) is 0 Å². The second-order valence-electron chi connectivity index (χ2n) is 5.61. The lowest BCUT2D eigenvalue weighted by Gasteiger charge is -2.29. The lowest BCUT2D eigenvalue weighted by atomic mass is 9.89. The van der Waals surface area contributed by atoms with Gasteiger partial charge in [-0.2, -0.15) is 0 Å². The number of rotatable bonds is 4. The molecular formula is C13H26N2S. The molecule has 0 saturated carbocycles. The summed E-state index contributed by atoms with van der Waals surface area (Å²) in [5.74, 6) is 0. The zero-order valence-corrected chi connectivity index (χ0v) is 11.6. The fourth-order valence-electron chi connectivity index (χ4n) is 2.10. The van der Waals surface area contributed by atoms with Crippen molar-refractivity contribution < 1.29 is 0 Å². The van der Waals surface area contributed by atoms with Gasteiger partial charge in [0.1, 0.15) is 0 Å². The summed E-state index contributed by atoms with van der Waals surface area (Å²) in [6.45, 7) is 7.96. The van der Waals surface area contributed by atoms with Crippen LogP contribution in [0.15, 0.2) is 0 Å². The van der Waals surface area contributed by atoms with Crippen LogP contribution in [0, 0.1) is 5.41 Å². The first-order valence-electron chi connectivity index (χ1n) is 6.55. The van der Waals surface area contributed by atoms with Crippen LogP contribution in [-0.2, 0) is 0 Å². The summed E-state index contributed by atoms with van der Waals surface area (Å²) >= 11 is 5.11. The van der Waals surface area contributed by atoms with E-state index in [0.29, 0.717) is 4.99 Å². The lowest BCUT2D eigenvalue weighted by molar-refractivity contribution is 0.225. The molecule has 0 aromatic carbocycles. The van der Waals surface area contributed by atoms with E-state index >= 15 is 0 Å². The fraction of sp³-hybridized carbons (Fsp3) is 0.923. The molecule has 0 atom stereocenters. The molecule has 0 radical (unpaired) electrons. The van der Waals surface area contributed by atoms with E-state index in [4.69, 9.17) is 18.0 Å². The van der Waals surface area contributed by atoms with Gasteiger partial charge >= 0.3 is 0 Å². The second kappa shape index (κ2) is 6.55. The minimum atomic E-state index is 0.0116. The molecule has 1 rings (SSSR count). The maximum Gasteiger partial charge on any atom is 0.0784 e. The van der Waals surface area contributed by atoms with Gasteiger partial charge < -0.3 is 10.6 Å². The first-order valence-corrected chi connectivity index (χ1v) is 6.95. The van der Waals surface area contributed by atoms with Crippen molar-refractivity contribution >= 4 is 17.2 Å². The molecule has 94 valence electrons. The van der Waals surface area contributed by atoms with Crippen molar-refractivity contribution in [1.82, 2.24) is 4.90 Å². The Morgan fingerprint density at radius 1 is 1.12 bits per heavy atom.